The molecule has 0 aliphatic carbocycles. The first-order valence-corrected chi connectivity index (χ1v) is 5.96. The second-order valence-electron chi connectivity index (χ2n) is 3.75. The van der Waals surface area contributed by atoms with Crippen molar-refractivity contribution in [1.82, 2.24) is 8.61 Å². The maximum Gasteiger partial charge on any atom is 0.281 e. The zero-order chi connectivity index (χ0) is 11.5. The van der Waals surface area contributed by atoms with Crippen molar-refractivity contribution >= 4 is 10.2 Å². The van der Waals surface area contributed by atoms with E-state index in [0.29, 0.717) is 0 Å². The van der Waals surface area contributed by atoms with Gasteiger partial charge in [-0.2, -0.15) is 17.0 Å². The minimum absolute atomic E-state index is 0.0866. The van der Waals surface area contributed by atoms with Crippen LogP contribution in [-0.4, -0.2) is 54.9 Å². The van der Waals surface area contributed by atoms with Crippen molar-refractivity contribution in [3.05, 3.63) is 0 Å². The van der Waals surface area contributed by atoms with E-state index in [1.54, 1.807) is 20.8 Å². The van der Waals surface area contributed by atoms with Crippen molar-refractivity contribution in [2.45, 2.75) is 32.9 Å². The highest BCUT2D eigenvalue weighted by atomic mass is 32.2. The van der Waals surface area contributed by atoms with Gasteiger partial charge in [0.2, 0.25) is 0 Å². The van der Waals surface area contributed by atoms with E-state index in [1.165, 1.54) is 18.4 Å². The molecule has 6 heteroatoms. The van der Waals surface area contributed by atoms with E-state index in [2.05, 4.69) is 0 Å². The molecular formula is C8H20N2O3S. The Kier molecular flexibility index (Phi) is 5.00. The molecule has 0 saturated carbocycles. The first-order valence-electron chi connectivity index (χ1n) is 4.57. The Hall–Kier alpha value is -0.170. The number of aliphatic hydroxyl groups excluding tert-OH is 1. The van der Waals surface area contributed by atoms with Crippen LogP contribution in [-0.2, 0) is 10.2 Å². The van der Waals surface area contributed by atoms with Crippen molar-refractivity contribution in [2.24, 2.45) is 0 Å². The molecule has 5 nitrogen and oxygen atoms in total. The highest BCUT2D eigenvalue weighted by Crippen LogP contribution is 2.08. The Morgan fingerprint density at radius 3 is 1.93 bits per heavy atom. The maximum atomic E-state index is 11.7. The van der Waals surface area contributed by atoms with E-state index in [4.69, 9.17) is 5.11 Å². The lowest BCUT2D eigenvalue weighted by Gasteiger charge is -2.27. The predicted molar refractivity (Wildman–Crippen MR) is 56.1 cm³/mol. The lowest BCUT2D eigenvalue weighted by molar-refractivity contribution is 0.167. The standard InChI is InChI=1S/C8H20N2O3S/c1-7(2)10(5)14(12,13)9(4)6-8(3)11/h7-8,11H,6H2,1-5H3. The highest BCUT2D eigenvalue weighted by Gasteiger charge is 2.26. The summed E-state index contributed by atoms with van der Waals surface area (Å²) in [4.78, 5) is 0. The number of hydrogen-bond donors (Lipinski definition) is 1. The Labute approximate surface area is 86.5 Å². The summed E-state index contributed by atoms with van der Waals surface area (Å²) in [5.74, 6) is 0. The molecule has 0 aromatic rings. The largest absolute Gasteiger partial charge is 0.392 e. The summed E-state index contributed by atoms with van der Waals surface area (Å²) in [6.45, 7) is 5.27. The van der Waals surface area contributed by atoms with E-state index < -0.39 is 16.3 Å². The fourth-order valence-electron chi connectivity index (χ4n) is 0.953. The lowest BCUT2D eigenvalue weighted by Crippen LogP contribution is -2.45. The average Bonchev–Trinajstić information content (AvgIpc) is 2.01. The molecule has 0 radical (unpaired) electrons. The van der Waals surface area contributed by atoms with E-state index in [0.717, 1.165) is 4.31 Å². The van der Waals surface area contributed by atoms with Crippen molar-refractivity contribution in [2.75, 3.05) is 20.6 Å². The molecule has 1 N–H and O–H groups in total. The Balaban J connectivity index is 4.62. The van der Waals surface area contributed by atoms with E-state index in [9.17, 15) is 8.42 Å². The van der Waals surface area contributed by atoms with Gasteiger partial charge in [-0.15, -0.1) is 0 Å². The zero-order valence-electron chi connectivity index (χ0n) is 9.43. The van der Waals surface area contributed by atoms with Gasteiger partial charge in [0.15, 0.2) is 0 Å². The SMILES string of the molecule is CC(O)CN(C)S(=O)(=O)N(C)C(C)C. The number of rotatable bonds is 5. The lowest BCUT2D eigenvalue weighted by atomic mass is 10.4. The number of nitrogens with zero attached hydrogens (tertiary/aromatic N) is 2. The molecule has 14 heavy (non-hydrogen) atoms. The summed E-state index contributed by atoms with van der Waals surface area (Å²) < 4.78 is 25.9. The normalized spacial score (nSPS) is 15.5. The topological polar surface area (TPSA) is 60.9 Å². The van der Waals surface area contributed by atoms with Crippen LogP contribution >= 0.6 is 0 Å². The van der Waals surface area contributed by atoms with E-state index >= 15 is 0 Å². The van der Waals surface area contributed by atoms with Gasteiger partial charge in [0.05, 0.1) is 6.10 Å². The quantitative estimate of drug-likeness (QED) is 0.708. The van der Waals surface area contributed by atoms with Crippen LogP contribution in [0.2, 0.25) is 0 Å². The fourth-order valence-corrected chi connectivity index (χ4v) is 2.33. The molecule has 86 valence electrons. The van der Waals surface area contributed by atoms with Gasteiger partial charge in [0, 0.05) is 26.7 Å². The fraction of sp³-hybridized carbons (Fsp3) is 1.00. The highest BCUT2D eigenvalue weighted by molar-refractivity contribution is 7.86. The monoisotopic (exact) mass is 224 g/mol. The zero-order valence-corrected chi connectivity index (χ0v) is 10.2. The average molecular weight is 224 g/mol. The minimum atomic E-state index is -3.43. The second-order valence-corrected chi connectivity index (χ2v) is 5.84. The molecule has 0 aromatic carbocycles. The Bertz CT molecular complexity index is 262. The van der Waals surface area contributed by atoms with Crippen molar-refractivity contribution in [1.29, 1.82) is 0 Å². The van der Waals surface area contributed by atoms with Crippen LogP contribution in [0.25, 0.3) is 0 Å². The van der Waals surface area contributed by atoms with Gasteiger partial charge in [-0.3, -0.25) is 0 Å². The van der Waals surface area contributed by atoms with Crippen LogP contribution in [0.3, 0.4) is 0 Å². The van der Waals surface area contributed by atoms with Crippen molar-refractivity contribution < 1.29 is 13.5 Å². The molecule has 0 rings (SSSR count). The molecular weight excluding hydrogens is 204 g/mol. The number of hydrogen-bond acceptors (Lipinski definition) is 3. The predicted octanol–water partition coefficient (Wildman–Crippen LogP) is -0.116. The maximum absolute atomic E-state index is 11.7. The molecule has 0 aliphatic rings. The molecule has 1 unspecified atom stereocenters. The third kappa shape index (κ3) is 3.53. The molecule has 0 bridgehead atoms. The van der Waals surface area contributed by atoms with Crippen molar-refractivity contribution in [3.8, 4) is 0 Å². The van der Waals surface area contributed by atoms with Gasteiger partial charge < -0.3 is 5.11 Å². The van der Waals surface area contributed by atoms with Gasteiger partial charge in [0.1, 0.15) is 0 Å². The summed E-state index contributed by atoms with van der Waals surface area (Å²) in [6.07, 6.45) is -0.657. The first-order chi connectivity index (χ1) is 6.19. The molecule has 0 saturated heterocycles. The Morgan fingerprint density at radius 2 is 1.64 bits per heavy atom. The smallest absolute Gasteiger partial charge is 0.281 e. The summed E-state index contributed by atoms with van der Waals surface area (Å²) in [5.41, 5.74) is 0. The molecule has 0 amide bonds. The molecule has 0 heterocycles. The Morgan fingerprint density at radius 1 is 1.21 bits per heavy atom. The van der Waals surface area contributed by atoms with Crippen LogP contribution in [0.5, 0.6) is 0 Å². The molecule has 0 fully saturated rings. The van der Waals surface area contributed by atoms with Crippen LogP contribution in [0.15, 0.2) is 0 Å². The van der Waals surface area contributed by atoms with Gasteiger partial charge >= 0.3 is 0 Å². The third-order valence-electron chi connectivity index (χ3n) is 2.01. The van der Waals surface area contributed by atoms with Crippen LogP contribution < -0.4 is 0 Å². The van der Waals surface area contributed by atoms with Gasteiger partial charge in [-0.25, -0.2) is 0 Å². The molecule has 1 atom stereocenters. The minimum Gasteiger partial charge on any atom is -0.392 e. The van der Waals surface area contributed by atoms with Gasteiger partial charge in [0.25, 0.3) is 10.2 Å². The first kappa shape index (κ1) is 13.8. The number of aliphatic hydroxyl groups is 1. The van der Waals surface area contributed by atoms with Gasteiger partial charge in [-0.05, 0) is 20.8 Å². The molecule has 0 spiro atoms. The van der Waals surface area contributed by atoms with Gasteiger partial charge in [-0.1, -0.05) is 0 Å². The number of likely N-dealkylation sites (N-methyl/N-ethyl adjacent to an activating group) is 1. The van der Waals surface area contributed by atoms with Crippen molar-refractivity contribution in [3.63, 3.8) is 0 Å². The summed E-state index contributed by atoms with van der Waals surface area (Å²) >= 11 is 0. The van der Waals surface area contributed by atoms with E-state index in [1.807, 2.05) is 0 Å². The summed E-state index contributed by atoms with van der Waals surface area (Å²) in [7, 11) is -0.441. The molecule has 0 aromatic heterocycles. The van der Waals surface area contributed by atoms with Crippen LogP contribution in [0.4, 0.5) is 0 Å². The molecule has 0 aliphatic heterocycles. The summed E-state index contributed by atoms with van der Waals surface area (Å²) in [5, 5.41) is 9.08. The third-order valence-corrected chi connectivity index (χ3v) is 4.09. The van der Waals surface area contributed by atoms with Crippen LogP contribution in [0, 0.1) is 0 Å². The van der Waals surface area contributed by atoms with Crippen LogP contribution in [0.1, 0.15) is 20.8 Å². The summed E-state index contributed by atoms with van der Waals surface area (Å²) in [6, 6.07) is -0.0866. The second kappa shape index (κ2) is 5.06. The van der Waals surface area contributed by atoms with E-state index in [-0.39, 0.29) is 12.6 Å².